The highest BCUT2D eigenvalue weighted by Gasteiger charge is 2.11. The molecule has 0 unspecified atom stereocenters. The zero-order chi connectivity index (χ0) is 16.4. The lowest BCUT2D eigenvalue weighted by atomic mass is 10.2. The number of anilines is 1. The van der Waals surface area contributed by atoms with Crippen LogP contribution in [0.15, 0.2) is 36.4 Å². The third kappa shape index (κ3) is 3.37. The number of benzene rings is 2. The molecule has 2 aromatic carbocycles. The van der Waals surface area contributed by atoms with Gasteiger partial charge in [-0.1, -0.05) is 6.92 Å². The highest BCUT2D eigenvalue weighted by atomic mass is 32.1. The summed E-state index contributed by atoms with van der Waals surface area (Å²) in [5, 5.41) is 3.75. The first-order valence-corrected chi connectivity index (χ1v) is 8.04. The largest absolute Gasteiger partial charge is 0.322 e. The van der Waals surface area contributed by atoms with Crippen LogP contribution in [0.2, 0.25) is 0 Å². The molecule has 1 amide bonds. The van der Waals surface area contributed by atoms with Crippen LogP contribution in [0.25, 0.3) is 10.2 Å². The summed E-state index contributed by atoms with van der Waals surface area (Å²) in [4.78, 5) is 16.6. The van der Waals surface area contributed by atoms with Crippen molar-refractivity contribution < 1.29 is 13.6 Å². The molecule has 1 heterocycles. The van der Waals surface area contributed by atoms with Crippen molar-refractivity contribution in [1.82, 2.24) is 4.98 Å². The molecule has 0 atom stereocenters. The number of halogens is 2. The molecule has 0 aliphatic carbocycles. The average molecular weight is 332 g/mol. The third-order valence-corrected chi connectivity index (χ3v) is 4.41. The number of carbonyl (C=O) groups is 1. The number of hydrogen-bond donors (Lipinski definition) is 1. The van der Waals surface area contributed by atoms with E-state index in [9.17, 15) is 13.6 Å². The molecule has 0 saturated heterocycles. The number of aryl methyl sites for hydroxylation is 1. The van der Waals surface area contributed by atoms with Gasteiger partial charge in [0.15, 0.2) is 11.6 Å². The molecule has 3 nitrogen and oxygen atoms in total. The molecule has 118 valence electrons. The lowest BCUT2D eigenvalue weighted by molar-refractivity contribution is 0.102. The highest BCUT2D eigenvalue weighted by Crippen LogP contribution is 2.26. The third-order valence-electron chi connectivity index (χ3n) is 3.34. The summed E-state index contributed by atoms with van der Waals surface area (Å²) in [5.74, 6) is -2.50. The lowest BCUT2D eigenvalue weighted by Gasteiger charge is -2.05. The number of fused-ring (bicyclic) bond motifs is 1. The van der Waals surface area contributed by atoms with E-state index < -0.39 is 17.5 Å². The van der Waals surface area contributed by atoms with E-state index in [0.29, 0.717) is 5.69 Å². The smallest absolute Gasteiger partial charge is 0.255 e. The monoisotopic (exact) mass is 332 g/mol. The molecular formula is C17H14F2N2OS. The van der Waals surface area contributed by atoms with Gasteiger partial charge in [0.25, 0.3) is 5.91 Å². The predicted molar refractivity (Wildman–Crippen MR) is 87.9 cm³/mol. The van der Waals surface area contributed by atoms with Crippen molar-refractivity contribution in [3.05, 3.63) is 58.6 Å². The molecule has 0 spiro atoms. The summed E-state index contributed by atoms with van der Waals surface area (Å²) in [6.07, 6.45) is 1.95. The second-order valence-electron chi connectivity index (χ2n) is 5.12. The molecule has 0 bridgehead atoms. The Labute approximate surface area is 136 Å². The molecule has 0 radical (unpaired) electrons. The molecule has 3 rings (SSSR count). The Morgan fingerprint density at radius 1 is 1.17 bits per heavy atom. The second kappa shape index (κ2) is 6.42. The Morgan fingerprint density at radius 3 is 2.74 bits per heavy atom. The number of rotatable bonds is 4. The van der Waals surface area contributed by atoms with E-state index in [2.05, 4.69) is 17.2 Å². The molecule has 23 heavy (non-hydrogen) atoms. The summed E-state index contributed by atoms with van der Waals surface area (Å²) in [6, 6.07) is 8.49. The molecule has 3 aromatic rings. The maximum atomic E-state index is 13.2. The molecule has 6 heteroatoms. The minimum absolute atomic E-state index is 0.0694. The van der Waals surface area contributed by atoms with Crippen LogP contribution in [0.5, 0.6) is 0 Å². The standard InChI is InChI=1S/C17H14F2N2OS/c1-2-3-16-21-14-7-5-11(9-15(14)23-16)20-17(22)10-4-6-12(18)13(19)8-10/h4-9H,2-3H2,1H3,(H,20,22). The van der Waals surface area contributed by atoms with Gasteiger partial charge in [0.2, 0.25) is 0 Å². The van der Waals surface area contributed by atoms with Crippen molar-refractivity contribution in [3.8, 4) is 0 Å². The van der Waals surface area contributed by atoms with Crippen LogP contribution in [0.4, 0.5) is 14.5 Å². The Balaban J connectivity index is 1.82. The van der Waals surface area contributed by atoms with E-state index in [-0.39, 0.29) is 5.56 Å². The number of carbonyl (C=O) groups excluding carboxylic acids is 1. The topological polar surface area (TPSA) is 42.0 Å². The minimum atomic E-state index is -1.04. The van der Waals surface area contributed by atoms with Gasteiger partial charge in [-0.15, -0.1) is 11.3 Å². The SMILES string of the molecule is CCCc1nc2ccc(NC(=O)c3ccc(F)c(F)c3)cc2s1. The van der Waals surface area contributed by atoms with Crippen molar-refractivity contribution in [2.45, 2.75) is 19.8 Å². The van der Waals surface area contributed by atoms with Gasteiger partial charge in [-0.2, -0.15) is 0 Å². The van der Waals surface area contributed by atoms with Crippen molar-refractivity contribution in [3.63, 3.8) is 0 Å². The summed E-state index contributed by atoms with van der Waals surface area (Å²) in [7, 11) is 0. The van der Waals surface area contributed by atoms with Crippen LogP contribution in [0, 0.1) is 11.6 Å². The first kappa shape index (κ1) is 15.6. The van der Waals surface area contributed by atoms with E-state index in [1.807, 2.05) is 12.1 Å². The van der Waals surface area contributed by atoms with Crippen molar-refractivity contribution >= 4 is 33.1 Å². The zero-order valence-corrected chi connectivity index (χ0v) is 13.2. The van der Waals surface area contributed by atoms with Crippen LogP contribution in [0.1, 0.15) is 28.7 Å². The van der Waals surface area contributed by atoms with Crippen molar-refractivity contribution in [1.29, 1.82) is 0 Å². The summed E-state index contributed by atoms with van der Waals surface area (Å²) in [5.41, 5.74) is 1.56. The summed E-state index contributed by atoms with van der Waals surface area (Å²) < 4.78 is 27.1. The summed E-state index contributed by atoms with van der Waals surface area (Å²) >= 11 is 1.59. The van der Waals surface area contributed by atoms with E-state index >= 15 is 0 Å². The predicted octanol–water partition coefficient (Wildman–Crippen LogP) is 4.78. The maximum absolute atomic E-state index is 13.2. The van der Waals surface area contributed by atoms with Crippen LogP contribution >= 0.6 is 11.3 Å². The maximum Gasteiger partial charge on any atom is 0.255 e. The number of amides is 1. The average Bonchev–Trinajstić information content (AvgIpc) is 2.92. The van der Waals surface area contributed by atoms with Crippen LogP contribution in [-0.2, 0) is 6.42 Å². The van der Waals surface area contributed by atoms with Crippen LogP contribution in [-0.4, -0.2) is 10.9 Å². The molecule has 0 aliphatic rings. The number of aromatic nitrogens is 1. The van der Waals surface area contributed by atoms with E-state index in [0.717, 1.165) is 40.2 Å². The Hall–Kier alpha value is -2.34. The van der Waals surface area contributed by atoms with Gasteiger partial charge in [-0.05, 0) is 49.2 Å². The Morgan fingerprint density at radius 2 is 2.00 bits per heavy atom. The van der Waals surface area contributed by atoms with Gasteiger partial charge in [0.1, 0.15) is 0 Å². The van der Waals surface area contributed by atoms with Gasteiger partial charge >= 0.3 is 0 Å². The zero-order valence-electron chi connectivity index (χ0n) is 12.4. The van der Waals surface area contributed by atoms with Gasteiger partial charge in [0.05, 0.1) is 15.2 Å². The van der Waals surface area contributed by atoms with Crippen molar-refractivity contribution in [2.75, 3.05) is 5.32 Å². The molecule has 1 aromatic heterocycles. The van der Waals surface area contributed by atoms with Crippen molar-refractivity contribution in [2.24, 2.45) is 0 Å². The molecular weight excluding hydrogens is 318 g/mol. The van der Waals surface area contributed by atoms with E-state index in [1.165, 1.54) is 6.07 Å². The minimum Gasteiger partial charge on any atom is -0.322 e. The molecule has 0 aliphatic heterocycles. The Bertz CT molecular complexity index is 876. The number of thiazole rings is 1. The molecule has 0 fully saturated rings. The van der Waals surface area contributed by atoms with Gasteiger partial charge < -0.3 is 5.32 Å². The van der Waals surface area contributed by atoms with E-state index in [1.54, 1.807) is 17.4 Å². The van der Waals surface area contributed by atoms with E-state index in [4.69, 9.17) is 0 Å². The summed E-state index contributed by atoms with van der Waals surface area (Å²) in [6.45, 7) is 2.10. The highest BCUT2D eigenvalue weighted by molar-refractivity contribution is 7.18. The fourth-order valence-corrected chi connectivity index (χ4v) is 3.32. The second-order valence-corrected chi connectivity index (χ2v) is 6.24. The molecule has 1 N–H and O–H groups in total. The van der Waals surface area contributed by atoms with Gasteiger partial charge in [0, 0.05) is 11.3 Å². The fraction of sp³-hybridized carbons (Fsp3) is 0.176. The quantitative estimate of drug-likeness (QED) is 0.747. The lowest BCUT2D eigenvalue weighted by Crippen LogP contribution is -2.12. The Kier molecular flexibility index (Phi) is 4.34. The normalized spacial score (nSPS) is 10.9. The van der Waals surface area contributed by atoms with Gasteiger partial charge in [-0.25, -0.2) is 13.8 Å². The number of nitrogens with zero attached hydrogens (tertiary/aromatic N) is 1. The molecule has 0 saturated carbocycles. The van der Waals surface area contributed by atoms with Crippen LogP contribution < -0.4 is 5.32 Å². The fourth-order valence-electron chi connectivity index (χ4n) is 2.21. The number of nitrogens with one attached hydrogen (secondary N) is 1. The van der Waals surface area contributed by atoms with Crippen LogP contribution in [0.3, 0.4) is 0 Å². The first-order valence-electron chi connectivity index (χ1n) is 7.22. The number of hydrogen-bond acceptors (Lipinski definition) is 3. The van der Waals surface area contributed by atoms with Gasteiger partial charge in [-0.3, -0.25) is 4.79 Å². The first-order chi connectivity index (χ1) is 11.1.